The molecule has 0 aliphatic heterocycles. The van der Waals surface area contributed by atoms with Crippen molar-refractivity contribution in [2.75, 3.05) is 0 Å². The van der Waals surface area contributed by atoms with Crippen LogP contribution in [0.15, 0.2) is 0 Å². The Kier molecular flexibility index (Phi) is 6.81. The number of hydrogen-bond acceptors (Lipinski definition) is 0. The predicted molar refractivity (Wildman–Crippen MR) is 80.3 cm³/mol. The fourth-order valence-electron chi connectivity index (χ4n) is 2.25. The average molecular weight is 240 g/mol. The van der Waals surface area contributed by atoms with Gasteiger partial charge >= 0.3 is 0 Å². The second kappa shape index (κ2) is 6.81. The molecular formula is C17H36. The molecule has 1 atom stereocenters. The van der Waals surface area contributed by atoms with Gasteiger partial charge in [-0.25, -0.2) is 0 Å². The Labute approximate surface area is 111 Å². The molecule has 0 aliphatic rings. The van der Waals surface area contributed by atoms with Gasteiger partial charge in [0.2, 0.25) is 0 Å². The third-order valence-electron chi connectivity index (χ3n) is 5.40. The number of rotatable bonds is 8. The van der Waals surface area contributed by atoms with E-state index in [2.05, 4.69) is 55.4 Å². The lowest BCUT2D eigenvalue weighted by Crippen LogP contribution is -2.22. The van der Waals surface area contributed by atoms with Gasteiger partial charge in [-0.05, 0) is 35.5 Å². The maximum atomic E-state index is 2.44. The van der Waals surface area contributed by atoms with Gasteiger partial charge in [0.15, 0.2) is 0 Å². The van der Waals surface area contributed by atoms with Crippen LogP contribution in [-0.4, -0.2) is 0 Å². The molecule has 0 aromatic rings. The topological polar surface area (TPSA) is 0 Å². The summed E-state index contributed by atoms with van der Waals surface area (Å²) >= 11 is 0. The van der Waals surface area contributed by atoms with Gasteiger partial charge in [-0.2, -0.15) is 0 Å². The Morgan fingerprint density at radius 2 is 1.18 bits per heavy atom. The van der Waals surface area contributed by atoms with Crippen molar-refractivity contribution in [1.82, 2.24) is 0 Å². The molecule has 17 heavy (non-hydrogen) atoms. The Balaban J connectivity index is 3.93. The zero-order valence-electron chi connectivity index (χ0n) is 13.7. The van der Waals surface area contributed by atoms with E-state index >= 15 is 0 Å². The van der Waals surface area contributed by atoms with Crippen molar-refractivity contribution in [2.24, 2.45) is 22.7 Å². The molecule has 0 radical (unpaired) electrons. The highest BCUT2D eigenvalue weighted by atomic mass is 14.3. The van der Waals surface area contributed by atoms with E-state index in [9.17, 15) is 0 Å². The van der Waals surface area contributed by atoms with Crippen LogP contribution in [0.5, 0.6) is 0 Å². The molecule has 0 heteroatoms. The van der Waals surface area contributed by atoms with Crippen LogP contribution in [-0.2, 0) is 0 Å². The van der Waals surface area contributed by atoms with Gasteiger partial charge in [0.05, 0.1) is 0 Å². The Hall–Kier alpha value is 0. The van der Waals surface area contributed by atoms with Crippen molar-refractivity contribution < 1.29 is 0 Å². The molecule has 0 nitrogen and oxygen atoms in total. The first-order valence-corrected chi connectivity index (χ1v) is 7.63. The van der Waals surface area contributed by atoms with Crippen molar-refractivity contribution in [3.63, 3.8) is 0 Å². The van der Waals surface area contributed by atoms with E-state index in [4.69, 9.17) is 0 Å². The SMILES string of the molecule is CCC(C)C(C)(C)CCCCC(C)(C)C(C)C. The number of unbranched alkanes of at least 4 members (excludes halogenated alkanes) is 1. The summed E-state index contributed by atoms with van der Waals surface area (Å²) in [4.78, 5) is 0. The maximum absolute atomic E-state index is 2.44. The Bertz CT molecular complexity index is 198. The molecule has 104 valence electrons. The molecule has 0 saturated heterocycles. The Morgan fingerprint density at radius 1 is 0.765 bits per heavy atom. The lowest BCUT2D eigenvalue weighted by atomic mass is 9.73. The van der Waals surface area contributed by atoms with Crippen molar-refractivity contribution in [2.45, 2.75) is 87.5 Å². The van der Waals surface area contributed by atoms with Crippen LogP contribution in [0, 0.1) is 22.7 Å². The van der Waals surface area contributed by atoms with Crippen molar-refractivity contribution in [3.8, 4) is 0 Å². The molecule has 0 spiro atoms. The fraction of sp³-hybridized carbons (Fsp3) is 1.00. The van der Waals surface area contributed by atoms with Gasteiger partial charge in [-0.1, -0.05) is 74.7 Å². The van der Waals surface area contributed by atoms with Crippen LogP contribution < -0.4 is 0 Å². The fourth-order valence-corrected chi connectivity index (χ4v) is 2.25. The van der Waals surface area contributed by atoms with Crippen LogP contribution >= 0.6 is 0 Å². The minimum absolute atomic E-state index is 0.514. The van der Waals surface area contributed by atoms with E-state index in [0.29, 0.717) is 10.8 Å². The van der Waals surface area contributed by atoms with Gasteiger partial charge < -0.3 is 0 Å². The third kappa shape index (κ3) is 5.93. The van der Waals surface area contributed by atoms with E-state index in [1.807, 2.05) is 0 Å². The molecule has 0 amide bonds. The van der Waals surface area contributed by atoms with Crippen LogP contribution in [0.25, 0.3) is 0 Å². The van der Waals surface area contributed by atoms with E-state index in [0.717, 1.165) is 11.8 Å². The predicted octanol–water partition coefficient (Wildman–Crippen LogP) is 6.30. The van der Waals surface area contributed by atoms with Crippen molar-refractivity contribution in [3.05, 3.63) is 0 Å². The standard InChI is InChI=1S/C17H36/c1-9-15(4)17(7,8)13-11-10-12-16(5,6)14(2)3/h14-15H,9-13H2,1-8H3. The molecule has 0 N–H and O–H groups in total. The molecule has 0 aliphatic carbocycles. The van der Waals surface area contributed by atoms with Gasteiger partial charge in [0.1, 0.15) is 0 Å². The minimum atomic E-state index is 0.514. The first kappa shape index (κ1) is 17.0. The Morgan fingerprint density at radius 3 is 1.53 bits per heavy atom. The highest BCUT2D eigenvalue weighted by Crippen LogP contribution is 2.36. The molecule has 0 fully saturated rings. The van der Waals surface area contributed by atoms with Gasteiger partial charge in [-0.15, -0.1) is 0 Å². The van der Waals surface area contributed by atoms with Crippen LogP contribution in [0.4, 0.5) is 0 Å². The van der Waals surface area contributed by atoms with Gasteiger partial charge in [0, 0.05) is 0 Å². The molecule has 1 unspecified atom stereocenters. The van der Waals surface area contributed by atoms with Crippen molar-refractivity contribution >= 4 is 0 Å². The molecule has 0 heterocycles. The van der Waals surface area contributed by atoms with E-state index in [1.54, 1.807) is 0 Å². The van der Waals surface area contributed by atoms with E-state index in [1.165, 1.54) is 32.1 Å². The van der Waals surface area contributed by atoms with Crippen LogP contribution in [0.1, 0.15) is 87.5 Å². The third-order valence-corrected chi connectivity index (χ3v) is 5.40. The molecule has 0 bridgehead atoms. The van der Waals surface area contributed by atoms with Crippen LogP contribution in [0.3, 0.4) is 0 Å². The quantitative estimate of drug-likeness (QED) is 0.437. The monoisotopic (exact) mass is 240 g/mol. The first-order chi connectivity index (χ1) is 7.63. The highest BCUT2D eigenvalue weighted by Gasteiger charge is 2.25. The lowest BCUT2D eigenvalue weighted by molar-refractivity contribution is 0.182. The van der Waals surface area contributed by atoms with Gasteiger partial charge in [0.25, 0.3) is 0 Å². The van der Waals surface area contributed by atoms with E-state index < -0.39 is 0 Å². The molecular weight excluding hydrogens is 204 g/mol. The molecule has 0 rings (SSSR count). The summed E-state index contributed by atoms with van der Waals surface area (Å²) in [6, 6.07) is 0. The summed E-state index contributed by atoms with van der Waals surface area (Å²) < 4.78 is 0. The summed E-state index contributed by atoms with van der Waals surface area (Å²) in [6.07, 6.45) is 6.86. The zero-order chi connectivity index (χ0) is 13.7. The first-order valence-electron chi connectivity index (χ1n) is 7.63. The van der Waals surface area contributed by atoms with Crippen LogP contribution in [0.2, 0.25) is 0 Å². The lowest BCUT2D eigenvalue weighted by Gasteiger charge is -2.33. The molecule has 0 aromatic carbocycles. The summed E-state index contributed by atoms with van der Waals surface area (Å²) in [7, 11) is 0. The zero-order valence-corrected chi connectivity index (χ0v) is 13.7. The normalized spacial score (nSPS) is 15.4. The summed E-state index contributed by atoms with van der Waals surface area (Å²) in [5, 5.41) is 0. The van der Waals surface area contributed by atoms with E-state index in [-0.39, 0.29) is 0 Å². The van der Waals surface area contributed by atoms with Crippen molar-refractivity contribution in [1.29, 1.82) is 0 Å². The smallest absolute Gasteiger partial charge is 0.0329 e. The largest absolute Gasteiger partial charge is 0.0651 e. The molecule has 0 saturated carbocycles. The summed E-state index contributed by atoms with van der Waals surface area (Å²) in [5.74, 6) is 1.64. The minimum Gasteiger partial charge on any atom is -0.0651 e. The molecule has 0 aromatic heterocycles. The average Bonchev–Trinajstić information content (AvgIpc) is 2.23. The highest BCUT2D eigenvalue weighted by molar-refractivity contribution is 4.76. The second-order valence-corrected chi connectivity index (χ2v) is 7.65. The summed E-state index contributed by atoms with van der Waals surface area (Å²) in [5.41, 5.74) is 1.04. The summed E-state index contributed by atoms with van der Waals surface area (Å²) in [6.45, 7) is 19.1. The van der Waals surface area contributed by atoms with Gasteiger partial charge in [-0.3, -0.25) is 0 Å². The maximum Gasteiger partial charge on any atom is -0.0329 e. The second-order valence-electron chi connectivity index (χ2n) is 7.65. The number of hydrogen-bond donors (Lipinski definition) is 0.